The largest absolute Gasteiger partial charge is 0.399 e. The fourth-order valence-corrected chi connectivity index (χ4v) is 1.94. The molecule has 0 heterocycles. The van der Waals surface area contributed by atoms with Crippen LogP contribution in [0.5, 0.6) is 0 Å². The predicted octanol–water partition coefficient (Wildman–Crippen LogP) is 3.64. The molecule has 0 amide bonds. The van der Waals surface area contributed by atoms with E-state index in [1.807, 2.05) is 0 Å². The van der Waals surface area contributed by atoms with Crippen LogP contribution >= 0.6 is 19.2 Å². The molecule has 0 N–H and O–H groups in total. The summed E-state index contributed by atoms with van der Waals surface area (Å²) in [5.41, 5.74) is 0.254. The third-order valence-corrected chi connectivity index (χ3v) is 2.97. The Morgan fingerprint density at radius 2 is 2.14 bits per heavy atom. The van der Waals surface area contributed by atoms with Crippen molar-refractivity contribution in [3.63, 3.8) is 0 Å². The van der Waals surface area contributed by atoms with Crippen molar-refractivity contribution in [2.45, 2.75) is 6.16 Å². The van der Waals surface area contributed by atoms with Gasteiger partial charge in [-0.05, 0) is 26.7 Å². The molecule has 1 radical (unpaired) electrons. The van der Waals surface area contributed by atoms with Crippen LogP contribution in [0.4, 0.5) is 9.05 Å². The summed E-state index contributed by atoms with van der Waals surface area (Å²) in [6, 6.07) is 6.87. The summed E-state index contributed by atoms with van der Waals surface area (Å²) in [4.78, 5) is 0. The van der Waals surface area contributed by atoms with E-state index in [9.17, 15) is 13.6 Å². The Morgan fingerprint density at radius 3 is 2.64 bits per heavy atom. The van der Waals surface area contributed by atoms with Gasteiger partial charge in [-0.15, -0.1) is 9.46 Å². The number of hydrogen-bond acceptors (Lipinski definition) is 3. The molecule has 0 unspecified atom stereocenters. The fourth-order valence-electron chi connectivity index (χ4n) is 0.839. The second-order valence-corrected chi connectivity index (χ2v) is 4.65. The molecular weight excluding hydrogens is 236 g/mol. The van der Waals surface area contributed by atoms with Gasteiger partial charge >= 0.3 is 7.60 Å². The van der Waals surface area contributed by atoms with Crippen molar-refractivity contribution in [3.05, 3.63) is 34.9 Å². The molecule has 0 saturated heterocycles. The third kappa shape index (κ3) is 2.75. The van der Waals surface area contributed by atoms with Crippen LogP contribution in [0.15, 0.2) is 18.2 Å². The molecule has 0 spiro atoms. The van der Waals surface area contributed by atoms with E-state index in [2.05, 4.69) is 15.5 Å². The van der Waals surface area contributed by atoms with E-state index in [1.165, 1.54) is 18.2 Å². The van der Waals surface area contributed by atoms with Gasteiger partial charge in [-0.1, -0.05) is 23.7 Å². The van der Waals surface area contributed by atoms with Gasteiger partial charge in [-0.25, -0.2) is 0 Å². The Bertz CT molecular complexity index is 353. The fraction of sp³-hybridized carbons (Fsp3) is 0.143. The van der Waals surface area contributed by atoms with Crippen LogP contribution in [0.25, 0.3) is 0 Å². The van der Waals surface area contributed by atoms with Gasteiger partial charge in [0.1, 0.15) is 0 Å². The zero-order chi connectivity index (χ0) is 10.6. The van der Waals surface area contributed by atoms with Crippen molar-refractivity contribution in [3.8, 4) is 0 Å². The Morgan fingerprint density at radius 1 is 1.50 bits per heavy atom. The van der Waals surface area contributed by atoms with E-state index < -0.39 is 13.8 Å². The maximum Gasteiger partial charge on any atom is 0.399 e. The molecule has 1 aromatic carbocycles. The average Bonchev–Trinajstić information content (AvgIpc) is 2.21. The molecule has 77 valence electrons. The highest BCUT2D eigenvalue weighted by Gasteiger charge is 2.28. The monoisotopic (exact) mass is 241 g/mol. The number of halogens is 3. The molecule has 0 aliphatic rings. The lowest BCUT2D eigenvalue weighted by atomic mass is 10.2. The Kier molecular flexibility index (Phi) is 4.01. The minimum Gasteiger partial charge on any atom is -0.254 e. The molecular formula is C7H5ClF2O3P. The van der Waals surface area contributed by atoms with Gasteiger partial charge in [0.2, 0.25) is 0 Å². The molecule has 0 saturated carbocycles. The van der Waals surface area contributed by atoms with Crippen molar-refractivity contribution < 1.29 is 23.1 Å². The molecule has 3 nitrogen and oxygen atoms in total. The van der Waals surface area contributed by atoms with Gasteiger partial charge in [-0.2, -0.15) is 0 Å². The number of rotatable bonds is 4. The molecule has 14 heavy (non-hydrogen) atoms. The van der Waals surface area contributed by atoms with Gasteiger partial charge in [-0.3, -0.25) is 4.57 Å². The van der Waals surface area contributed by atoms with E-state index >= 15 is 0 Å². The van der Waals surface area contributed by atoms with Gasteiger partial charge in [0.05, 0.1) is 6.16 Å². The van der Waals surface area contributed by atoms with Crippen LogP contribution in [0.2, 0.25) is 5.02 Å². The van der Waals surface area contributed by atoms with E-state index in [-0.39, 0.29) is 10.6 Å². The summed E-state index contributed by atoms with van der Waals surface area (Å²) in [5, 5.41) is 0.182. The minimum atomic E-state index is -4.36. The smallest absolute Gasteiger partial charge is 0.254 e. The van der Waals surface area contributed by atoms with E-state index in [1.54, 1.807) is 0 Å². The minimum absolute atomic E-state index is 0.182. The lowest BCUT2D eigenvalue weighted by Gasteiger charge is -2.07. The quantitative estimate of drug-likeness (QED) is 0.755. The topological polar surface area (TPSA) is 35.5 Å². The zero-order valence-corrected chi connectivity index (χ0v) is 8.40. The summed E-state index contributed by atoms with van der Waals surface area (Å²) in [6.07, 6.45) is -0.576. The molecule has 0 aliphatic heterocycles. The molecule has 0 fully saturated rings. The molecule has 0 aliphatic carbocycles. The summed E-state index contributed by atoms with van der Waals surface area (Å²) in [5.74, 6) is 0. The van der Waals surface area contributed by atoms with Crippen molar-refractivity contribution >= 4 is 19.2 Å². The van der Waals surface area contributed by atoms with Crippen LogP contribution in [-0.2, 0) is 20.2 Å². The average molecular weight is 242 g/mol. The van der Waals surface area contributed by atoms with Gasteiger partial charge in [0, 0.05) is 5.02 Å². The lowest BCUT2D eigenvalue weighted by Crippen LogP contribution is -1.90. The van der Waals surface area contributed by atoms with Crippen LogP contribution < -0.4 is 0 Å². The van der Waals surface area contributed by atoms with E-state index in [0.29, 0.717) is 0 Å². The maximum absolute atomic E-state index is 11.7. The third-order valence-electron chi connectivity index (χ3n) is 1.47. The van der Waals surface area contributed by atoms with E-state index in [4.69, 9.17) is 11.6 Å². The molecule has 1 aromatic rings. The molecule has 7 heteroatoms. The summed E-state index contributed by atoms with van der Waals surface area (Å²) < 4.78 is 40.2. The van der Waals surface area contributed by atoms with Gasteiger partial charge in [0.25, 0.3) is 0 Å². The van der Waals surface area contributed by atoms with Gasteiger partial charge in [0.15, 0.2) is 0 Å². The van der Waals surface area contributed by atoms with Crippen LogP contribution in [0.1, 0.15) is 5.56 Å². The summed E-state index contributed by atoms with van der Waals surface area (Å²) in [6.45, 7) is 0. The highest BCUT2D eigenvalue weighted by molar-refractivity contribution is 7.52. The normalized spacial score (nSPS) is 11.6. The first-order valence-corrected chi connectivity index (χ1v) is 5.56. The molecule has 0 bridgehead atoms. The summed E-state index contributed by atoms with van der Waals surface area (Å²) in [7, 11) is -4.36. The number of hydrogen-bond donors (Lipinski definition) is 0. The first-order valence-electron chi connectivity index (χ1n) is 3.45. The Hall–Kier alpha value is -0.480. The molecule has 1 rings (SSSR count). The Balaban J connectivity index is 2.88. The standard InChI is InChI=1S/C7H5ClF2O3P/c8-7-4-2-1-3-6(7)5-14(11,12-9)13-10/h1,3-4H,5H2. The number of benzene rings is 1. The first kappa shape index (κ1) is 11.6. The first-order chi connectivity index (χ1) is 6.61. The van der Waals surface area contributed by atoms with Crippen LogP contribution in [-0.4, -0.2) is 0 Å². The second-order valence-electron chi connectivity index (χ2n) is 2.42. The Labute approximate surface area is 83.9 Å². The van der Waals surface area contributed by atoms with Crippen LogP contribution in [0.3, 0.4) is 0 Å². The predicted molar refractivity (Wildman–Crippen MR) is 46.0 cm³/mol. The van der Waals surface area contributed by atoms with Gasteiger partial charge < -0.3 is 0 Å². The lowest BCUT2D eigenvalue weighted by molar-refractivity contribution is -0.0881. The van der Waals surface area contributed by atoms with Crippen molar-refractivity contribution in [2.75, 3.05) is 0 Å². The highest BCUT2D eigenvalue weighted by atomic mass is 35.5. The maximum atomic E-state index is 11.7. The second kappa shape index (κ2) is 4.84. The highest BCUT2D eigenvalue weighted by Crippen LogP contribution is 2.52. The SMILES string of the molecule is O=P(Cc1cc[c]cc1Cl)(OF)OF. The summed E-state index contributed by atoms with van der Waals surface area (Å²) >= 11 is 5.64. The van der Waals surface area contributed by atoms with Crippen molar-refractivity contribution in [1.82, 2.24) is 0 Å². The van der Waals surface area contributed by atoms with E-state index in [0.717, 1.165) is 0 Å². The molecule has 0 aromatic heterocycles. The van der Waals surface area contributed by atoms with Crippen LogP contribution in [0, 0.1) is 6.07 Å². The zero-order valence-electron chi connectivity index (χ0n) is 6.75. The van der Waals surface area contributed by atoms with Crippen molar-refractivity contribution in [1.29, 1.82) is 0 Å². The molecule has 0 atom stereocenters. The van der Waals surface area contributed by atoms with Crippen molar-refractivity contribution in [2.24, 2.45) is 0 Å².